The third kappa shape index (κ3) is 3.44. The third-order valence-electron chi connectivity index (χ3n) is 1.88. The Morgan fingerprint density at radius 2 is 2.25 bits per heavy atom. The summed E-state index contributed by atoms with van der Waals surface area (Å²) in [6, 6.07) is 4.65. The van der Waals surface area contributed by atoms with Gasteiger partial charge in [-0.1, -0.05) is 0 Å². The number of nitro groups is 1. The zero-order valence-electron chi connectivity index (χ0n) is 8.60. The summed E-state index contributed by atoms with van der Waals surface area (Å²) in [5, 5.41) is 10.7. The molecule has 5 nitrogen and oxygen atoms in total. The summed E-state index contributed by atoms with van der Waals surface area (Å²) in [6.45, 7) is 1.97. The highest BCUT2D eigenvalue weighted by atomic mass is 127. The lowest BCUT2D eigenvalue weighted by Gasteiger charge is -2.03. The molecule has 0 saturated heterocycles. The number of halogens is 1. The van der Waals surface area contributed by atoms with E-state index in [1.807, 2.05) is 22.6 Å². The normalized spacial score (nSPS) is 9.88. The second kappa shape index (κ2) is 5.78. The topological polar surface area (TPSA) is 69.4 Å². The van der Waals surface area contributed by atoms with Crippen molar-refractivity contribution in [2.75, 3.05) is 6.61 Å². The van der Waals surface area contributed by atoms with Gasteiger partial charge in [-0.2, -0.15) is 0 Å². The largest absolute Gasteiger partial charge is 0.466 e. The van der Waals surface area contributed by atoms with Crippen molar-refractivity contribution in [3.05, 3.63) is 37.4 Å². The molecule has 1 aromatic carbocycles. The lowest BCUT2D eigenvalue weighted by Crippen LogP contribution is -2.09. The van der Waals surface area contributed by atoms with Gasteiger partial charge in [0.05, 0.1) is 18.0 Å². The predicted molar refractivity (Wildman–Crippen MR) is 66.2 cm³/mol. The molecule has 0 amide bonds. The highest BCUT2D eigenvalue weighted by molar-refractivity contribution is 14.1. The van der Waals surface area contributed by atoms with Crippen molar-refractivity contribution in [3.8, 4) is 0 Å². The van der Waals surface area contributed by atoms with Gasteiger partial charge in [0.1, 0.15) is 0 Å². The Bertz CT molecular complexity index is 419. The van der Waals surface area contributed by atoms with Crippen LogP contribution in [0.3, 0.4) is 0 Å². The first-order valence-electron chi connectivity index (χ1n) is 4.63. The van der Waals surface area contributed by atoms with Gasteiger partial charge in [-0.05, 0) is 41.6 Å². The molecule has 0 bridgehead atoms. The first-order chi connectivity index (χ1) is 7.54. The number of benzene rings is 1. The van der Waals surface area contributed by atoms with Crippen LogP contribution in [0.4, 0.5) is 5.69 Å². The molecule has 0 heterocycles. The maximum atomic E-state index is 11.3. The second-order valence-corrected chi connectivity index (χ2v) is 4.26. The number of hydrogen-bond acceptors (Lipinski definition) is 4. The highest BCUT2D eigenvalue weighted by Crippen LogP contribution is 2.21. The monoisotopic (exact) mass is 335 g/mol. The highest BCUT2D eigenvalue weighted by Gasteiger charge is 2.17. The predicted octanol–water partition coefficient (Wildman–Crippen LogP) is 2.31. The van der Waals surface area contributed by atoms with E-state index >= 15 is 0 Å². The van der Waals surface area contributed by atoms with Crippen molar-refractivity contribution in [2.45, 2.75) is 13.3 Å². The van der Waals surface area contributed by atoms with Crippen molar-refractivity contribution in [2.24, 2.45) is 0 Å². The molecule has 1 rings (SSSR count). The van der Waals surface area contributed by atoms with Gasteiger partial charge in [0.2, 0.25) is 0 Å². The van der Waals surface area contributed by atoms with Gasteiger partial charge in [0, 0.05) is 15.2 Å². The maximum absolute atomic E-state index is 11.3. The number of carbonyl (C=O) groups excluding carboxylic acids is 1. The van der Waals surface area contributed by atoms with Crippen LogP contribution >= 0.6 is 22.6 Å². The first kappa shape index (κ1) is 12.9. The number of ether oxygens (including phenoxy) is 1. The fourth-order valence-electron chi connectivity index (χ4n) is 1.24. The minimum absolute atomic E-state index is 0.0477. The van der Waals surface area contributed by atoms with Crippen molar-refractivity contribution in [3.63, 3.8) is 0 Å². The van der Waals surface area contributed by atoms with Crippen molar-refractivity contribution in [1.82, 2.24) is 0 Å². The minimum Gasteiger partial charge on any atom is -0.466 e. The van der Waals surface area contributed by atoms with Gasteiger partial charge in [-0.3, -0.25) is 14.9 Å². The van der Waals surface area contributed by atoms with Crippen LogP contribution in [0.15, 0.2) is 18.2 Å². The molecule has 0 fully saturated rings. The van der Waals surface area contributed by atoms with Gasteiger partial charge in [0.15, 0.2) is 0 Å². The zero-order chi connectivity index (χ0) is 12.1. The quantitative estimate of drug-likeness (QED) is 0.366. The van der Waals surface area contributed by atoms with Crippen LogP contribution in [0.25, 0.3) is 0 Å². The molecule has 0 radical (unpaired) electrons. The Hall–Kier alpha value is -1.18. The van der Waals surface area contributed by atoms with E-state index < -0.39 is 10.9 Å². The fourth-order valence-corrected chi connectivity index (χ4v) is 1.80. The van der Waals surface area contributed by atoms with E-state index in [4.69, 9.17) is 4.74 Å². The molecular formula is C10H10INO4. The van der Waals surface area contributed by atoms with Crippen LogP contribution in [-0.2, 0) is 16.0 Å². The Balaban J connectivity index is 2.96. The van der Waals surface area contributed by atoms with Crippen molar-refractivity contribution >= 4 is 34.2 Å². The molecule has 0 aliphatic heterocycles. The van der Waals surface area contributed by atoms with E-state index in [9.17, 15) is 14.9 Å². The van der Waals surface area contributed by atoms with E-state index in [0.29, 0.717) is 5.56 Å². The van der Waals surface area contributed by atoms with Crippen LogP contribution < -0.4 is 0 Å². The van der Waals surface area contributed by atoms with Crippen molar-refractivity contribution in [1.29, 1.82) is 0 Å². The summed E-state index contributed by atoms with van der Waals surface area (Å²) < 4.78 is 5.61. The third-order valence-corrected chi connectivity index (χ3v) is 2.55. The first-order valence-corrected chi connectivity index (χ1v) is 5.71. The average molecular weight is 335 g/mol. The zero-order valence-corrected chi connectivity index (χ0v) is 10.8. The van der Waals surface area contributed by atoms with E-state index in [-0.39, 0.29) is 18.7 Å². The smallest absolute Gasteiger partial charge is 0.310 e. The molecule has 16 heavy (non-hydrogen) atoms. The van der Waals surface area contributed by atoms with Crippen LogP contribution in [0, 0.1) is 13.7 Å². The molecule has 0 spiro atoms. The van der Waals surface area contributed by atoms with Crippen LogP contribution in [0.2, 0.25) is 0 Å². The van der Waals surface area contributed by atoms with E-state index in [1.165, 1.54) is 6.07 Å². The fraction of sp³-hybridized carbons (Fsp3) is 0.300. The Kier molecular flexibility index (Phi) is 4.66. The molecule has 86 valence electrons. The minimum atomic E-state index is -0.495. The second-order valence-electron chi connectivity index (χ2n) is 3.01. The van der Waals surface area contributed by atoms with Crippen LogP contribution in [0.1, 0.15) is 12.5 Å². The molecule has 0 atom stereocenters. The summed E-state index contributed by atoms with van der Waals surface area (Å²) in [7, 11) is 0. The molecule has 0 N–H and O–H groups in total. The van der Waals surface area contributed by atoms with Crippen LogP contribution in [0.5, 0.6) is 0 Å². The molecule has 0 aliphatic carbocycles. The van der Waals surface area contributed by atoms with E-state index in [0.717, 1.165) is 3.57 Å². The Labute approximate surface area is 106 Å². The molecule has 0 saturated carbocycles. The Morgan fingerprint density at radius 3 is 2.81 bits per heavy atom. The molecular weight excluding hydrogens is 325 g/mol. The lowest BCUT2D eigenvalue weighted by molar-refractivity contribution is -0.385. The summed E-state index contributed by atoms with van der Waals surface area (Å²) in [6.07, 6.45) is -0.0685. The number of nitro benzene ring substituents is 1. The summed E-state index contributed by atoms with van der Waals surface area (Å²) in [5.74, 6) is -0.451. The molecule has 1 aromatic rings. The van der Waals surface area contributed by atoms with Gasteiger partial charge in [-0.15, -0.1) is 0 Å². The van der Waals surface area contributed by atoms with Crippen molar-refractivity contribution < 1.29 is 14.5 Å². The van der Waals surface area contributed by atoms with Gasteiger partial charge >= 0.3 is 5.97 Å². The number of rotatable bonds is 4. The maximum Gasteiger partial charge on any atom is 0.310 e. The van der Waals surface area contributed by atoms with E-state index in [2.05, 4.69) is 0 Å². The molecule has 0 unspecified atom stereocenters. The van der Waals surface area contributed by atoms with Gasteiger partial charge in [-0.25, -0.2) is 0 Å². The molecule has 6 heteroatoms. The molecule has 0 aliphatic rings. The summed E-state index contributed by atoms with van der Waals surface area (Å²) in [5.41, 5.74) is 0.337. The van der Waals surface area contributed by atoms with Gasteiger partial charge < -0.3 is 4.74 Å². The SMILES string of the molecule is CCOC(=O)Cc1cc(I)ccc1[N+](=O)[O-]. The lowest BCUT2D eigenvalue weighted by atomic mass is 10.1. The number of hydrogen-bond donors (Lipinski definition) is 0. The van der Waals surface area contributed by atoms with E-state index in [1.54, 1.807) is 19.1 Å². The summed E-state index contributed by atoms with van der Waals surface area (Å²) >= 11 is 2.04. The summed E-state index contributed by atoms with van der Waals surface area (Å²) in [4.78, 5) is 21.5. The Morgan fingerprint density at radius 1 is 1.56 bits per heavy atom. The standard InChI is InChI=1S/C10H10INO4/c1-2-16-10(13)6-7-5-8(11)3-4-9(7)12(14)15/h3-5H,2,6H2,1H3. The number of nitrogens with zero attached hydrogens (tertiary/aromatic N) is 1. The average Bonchev–Trinajstić information content (AvgIpc) is 2.17. The number of esters is 1. The number of carbonyl (C=O) groups is 1. The van der Waals surface area contributed by atoms with Gasteiger partial charge in [0.25, 0.3) is 5.69 Å². The molecule has 0 aromatic heterocycles. The van der Waals surface area contributed by atoms with Crippen LogP contribution in [-0.4, -0.2) is 17.5 Å².